The summed E-state index contributed by atoms with van der Waals surface area (Å²) in [4.78, 5) is 24.7. The van der Waals surface area contributed by atoms with E-state index in [9.17, 15) is 15.0 Å². The van der Waals surface area contributed by atoms with Crippen molar-refractivity contribution in [1.29, 1.82) is 5.41 Å². The Balaban J connectivity index is 1.36. The number of nitrogen functional groups attached to an aromatic ring is 1. The Morgan fingerprint density at radius 3 is 2.58 bits per heavy atom. The first-order chi connectivity index (χ1) is 21.5. The molecule has 1 aromatic heterocycles. The van der Waals surface area contributed by atoms with Gasteiger partial charge < -0.3 is 35.2 Å². The van der Waals surface area contributed by atoms with Crippen LogP contribution in [0.3, 0.4) is 0 Å². The van der Waals surface area contributed by atoms with E-state index in [2.05, 4.69) is 9.98 Å². The maximum absolute atomic E-state index is 15.7. The molecular weight excluding hydrogens is 586 g/mol. The van der Waals surface area contributed by atoms with Crippen molar-refractivity contribution in [1.82, 2.24) is 9.88 Å². The first-order valence-corrected chi connectivity index (χ1v) is 14.7. The third-order valence-corrected chi connectivity index (χ3v) is 9.34. The van der Waals surface area contributed by atoms with E-state index in [1.807, 2.05) is 30.0 Å². The lowest BCUT2D eigenvalue weighted by atomic mass is 9.57. The summed E-state index contributed by atoms with van der Waals surface area (Å²) in [7, 11) is 3.74. The Morgan fingerprint density at radius 2 is 1.91 bits per heavy atom. The van der Waals surface area contributed by atoms with Crippen molar-refractivity contribution in [3.05, 3.63) is 65.4 Å². The van der Waals surface area contributed by atoms with Crippen LogP contribution >= 0.6 is 0 Å². The number of anilines is 1. The Kier molecular flexibility index (Phi) is 7.71. The van der Waals surface area contributed by atoms with Crippen molar-refractivity contribution >= 4 is 23.3 Å². The average Bonchev–Trinajstić information content (AvgIpc) is 3.47. The monoisotopic (exact) mass is 620 g/mol. The summed E-state index contributed by atoms with van der Waals surface area (Å²) in [5.74, 6) is -4.30. The molecule has 4 aliphatic rings. The molecular formula is C32H34F2N6O5. The number of fused-ring (bicyclic) bond motifs is 3. The Morgan fingerprint density at radius 1 is 1.16 bits per heavy atom. The molecule has 3 aromatic rings. The van der Waals surface area contributed by atoms with Gasteiger partial charge in [-0.05, 0) is 74.4 Å². The first kappa shape index (κ1) is 30.1. The molecule has 1 atom stereocenters. The highest BCUT2D eigenvalue weighted by Gasteiger charge is 2.54. The van der Waals surface area contributed by atoms with Crippen LogP contribution in [0.5, 0.6) is 28.9 Å². The number of aromatic hydroxyl groups is 1. The first-order valence-electron chi connectivity index (χ1n) is 14.7. The summed E-state index contributed by atoms with van der Waals surface area (Å²) < 4.78 is 42.1. The van der Waals surface area contributed by atoms with Crippen LogP contribution in [0.2, 0.25) is 0 Å². The third kappa shape index (κ3) is 5.36. The number of aliphatic carboxylic acids is 1. The minimum Gasteiger partial charge on any atom is -0.504 e. The van der Waals surface area contributed by atoms with Crippen molar-refractivity contribution in [3.63, 3.8) is 0 Å². The number of nitrogens with two attached hydrogens (primary N) is 1. The fraction of sp³-hybridized carbons (Fsp3) is 0.375. The van der Waals surface area contributed by atoms with Gasteiger partial charge in [0, 0.05) is 37.9 Å². The summed E-state index contributed by atoms with van der Waals surface area (Å²) in [6.45, 7) is 1.16. The lowest BCUT2D eigenvalue weighted by Crippen LogP contribution is -2.57. The van der Waals surface area contributed by atoms with Gasteiger partial charge in [0.1, 0.15) is 17.4 Å². The second kappa shape index (κ2) is 11.5. The smallest absolute Gasteiger partial charge is 0.311 e. The molecule has 2 bridgehead atoms. The highest BCUT2D eigenvalue weighted by molar-refractivity contribution is 6.03. The third-order valence-electron chi connectivity index (χ3n) is 9.34. The highest BCUT2D eigenvalue weighted by Crippen LogP contribution is 2.53. The summed E-state index contributed by atoms with van der Waals surface area (Å²) in [6.07, 6.45) is 4.60. The number of benzene rings is 2. The second-order valence-corrected chi connectivity index (χ2v) is 11.9. The van der Waals surface area contributed by atoms with Gasteiger partial charge in [0.25, 0.3) is 5.88 Å². The van der Waals surface area contributed by atoms with Crippen LogP contribution in [-0.4, -0.2) is 71.0 Å². The molecule has 3 aliphatic carbocycles. The van der Waals surface area contributed by atoms with Gasteiger partial charge in [-0.15, -0.1) is 0 Å². The van der Waals surface area contributed by atoms with E-state index in [4.69, 9.17) is 20.6 Å². The molecule has 45 heavy (non-hydrogen) atoms. The Bertz CT molecular complexity index is 1710. The van der Waals surface area contributed by atoms with Crippen molar-refractivity contribution in [2.45, 2.75) is 38.1 Å². The molecule has 3 saturated carbocycles. The number of nitrogens with one attached hydrogen (secondary N) is 1. The zero-order valence-corrected chi connectivity index (χ0v) is 24.9. The summed E-state index contributed by atoms with van der Waals surface area (Å²) >= 11 is 0. The van der Waals surface area contributed by atoms with E-state index in [0.717, 1.165) is 31.1 Å². The number of phenols is 1. The van der Waals surface area contributed by atoms with Crippen LogP contribution in [0.1, 0.15) is 43.2 Å². The van der Waals surface area contributed by atoms with Crippen LogP contribution in [0.4, 0.5) is 14.5 Å². The van der Waals surface area contributed by atoms with Crippen molar-refractivity contribution in [2.75, 3.05) is 32.1 Å². The standard InChI is InChI=1S/C32H34F2N6O5/c1-39-12-11-37-29(39)20-15-19(40(2)25-13-17-7-9-32(25,10-8-17)31(42)43)4-6-23(20)44-27-21(33)16-38-30(26(27)34)45-24-14-18(28(35)36)3-5-22(24)41/h3-6,14-17,25,41H,7-13H2,1-2H3,(H3,35,36)(H,42,43). The van der Waals surface area contributed by atoms with E-state index in [1.165, 1.54) is 18.2 Å². The van der Waals surface area contributed by atoms with Crippen LogP contribution in [0.15, 0.2) is 47.6 Å². The Labute approximate surface area is 258 Å². The number of carboxylic acid groups (broad SMARTS) is 1. The number of aliphatic imine (C=N–C) groups is 1. The molecule has 11 nitrogen and oxygen atoms in total. The topological polar surface area (TPSA) is 158 Å². The minimum absolute atomic E-state index is 0.120. The predicted octanol–water partition coefficient (Wildman–Crippen LogP) is 5.10. The number of likely N-dealkylation sites (N-methyl/N-ethyl adjacent to an activating group) is 1. The van der Waals surface area contributed by atoms with E-state index < -0.39 is 34.6 Å². The van der Waals surface area contributed by atoms with E-state index >= 15 is 8.78 Å². The predicted molar refractivity (Wildman–Crippen MR) is 163 cm³/mol. The molecule has 3 fully saturated rings. The molecule has 0 radical (unpaired) electrons. The minimum atomic E-state index is -1.25. The molecule has 2 heterocycles. The zero-order chi connectivity index (χ0) is 32.0. The molecule has 0 saturated heterocycles. The van der Waals surface area contributed by atoms with Crippen LogP contribution in [0.25, 0.3) is 0 Å². The number of hydrogen-bond donors (Lipinski definition) is 4. The molecule has 7 rings (SSSR count). The van der Waals surface area contributed by atoms with Gasteiger partial charge >= 0.3 is 5.97 Å². The number of hydrogen-bond acceptors (Lipinski definition) is 9. The van der Waals surface area contributed by atoms with Crippen LogP contribution < -0.4 is 20.1 Å². The zero-order valence-electron chi connectivity index (χ0n) is 24.9. The summed E-state index contributed by atoms with van der Waals surface area (Å²) in [5, 5.41) is 28.1. The number of carboxylic acids is 1. The van der Waals surface area contributed by atoms with E-state index in [0.29, 0.717) is 43.2 Å². The van der Waals surface area contributed by atoms with E-state index in [1.54, 1.807) is 12.1 Å². The molecule has 13 heteroatoms. The van der Waals surface area contributed by atoms with E-state index in [-0.39, 0.29) is 34.7 Å². The van der Waals surface area contributed by atoms with Gasteiger partial charge in [-0.1, -0.05) is 0 Å². The van der Waals surface area contributed by atoms with Crippen LogP contribution in [0, 0.1) is 28.4 Å². The van der Waals surface area contributed by atoms with Crippen molar-refractivity contribution in [2.24, 2.45) is 22.1 Å². The molecule has 1 unspecified atom stereocenters. The largest absolute Gasteiger partial charge is 0.504 e. The average molecular weight is 621 g/mol. The summed E-state index contributed by atoms with van der Waals surface area (Å²) in [5.41, 5.74) is 6.11. The second-order valence-electron chi connectivity index (χ2n) is 11.9. The maximum atomic E-state index is 15.7. The Hall–Kier alpha value is -4.94. The fourth-order valence-corrected chi connectivity index (χ4v) is 6.77. The molecule has 2 aromatic carbocycles. The number of nitrogens with zero attached hydrogens (tertiary/aromatic N) is 4. The number of aromatic nitrogens is 1. The molecule has 1 aliphatic heterocycles. The number of pyridine rings is 1. The molecule has 0 amide bonds. The number of halogens is 2. The van der Waals surface area contributed by atoms with Crippen molar-refractivity contribution < 1.29 is 33.3 Å². The quantitative estimate of drug-likeness (QED) is 0.189. The number of carbonyl (C=O) groups is 1. The SMILES string of the molecule is CN1CCN=C1c1cc(N(C)C2CC3CCC2(C(=O)O)CC3)ccc1Oc1c(F)cnc(Oc2cc(C(=N)N)ccc2O)c1F. The normalized spacial score (nSPS) is 22.2. The number of ether oxygens (including phenoxy) is 2. The van der Waals surface area contributed by atoms with Gasteiger partial charge in [-0.25, -0.2) is 9.37 Å². The van der Waals surface area contributed by atoms with Gasteiger partial charge in [0.05, 0.1) is 23.7 Å². The summed E-state index contributed by atoms with van der Waals surface area (Å²) in [6, 6.07) is 8.78. The number of amidine groups is 2. The lowest BCUT2D eigenvalue weighted by Gasteiger charge is -2.53. The highest BCUT2D eigenvalue weighted by atomic mass is 19.1. The van der Waals surface area contributed by atoms with Gasteiger partial charge in [0.2, 0.25) is 11.6 Å². The maximum Gasteiger partial charge on any atom is 0.311 e. The van der Waals surface area contributed by atoms with Gasteiger partial charge in [0.15, 0.2) is 17.3 Å². The van der Waals surface area contributed by atoms with Gasteiger partial charge in [-0.3, -0.25) is 15.2 Å². The van der Waals surface area contributed by atoms with Crippen molar-refractivity contribution in [3.8, 4) is 28.9 Å². The number of rotatable bonds is 9. The molecule has 5 N–H and O–H groups in total. The fourth-order valence-electron chi connectivity index (χ4n) is 6.77. The molecule has 236 valence electrons. The lowest BCUT2D eigenvalue weighted by molar-refractivity contribution is -0.157. The van der Waals surface area contributed by atoms with Crippen LogP contribution in [-0.2, 0) is 4.79 Å². The molecule has 0 spiro atoms. The van der Waals surface area contributed by atoms with Gasteiger partial charge in [-0.2, -0.15) is 4.39 Å². The number of phenolic OH excluding ortho intramolecular Hbond substituents is 1.